The summed E-state index contributed by atoms with van der Waals surface area (Å²) >= 11 is 3.48. The van der Waals surface area contributed by atoms with Crippen LogP contribution in [0.4, 0.5) is 0 Å². The predicted octanol–water partition coefficient (Wildman–Crippen LogP) is 2.37. The normalized spacial score (nSPS) is 13.0. The maximum atomic E-state index is 6.23. The Kier molecular flexibility index (Phi) is 3.77. The summed E-state index contributed by atoms with van der Waals surface area (Å²) in [5, 5.41) is 4.31. The van der Waals surface area contributed by atoms with Crippen molar-refractivity contribution in [3.8, 4) is 0 Å². The van der Waals surface area contributed by atoms with E-state index in [0.29, 0.717) is 5.82 Å². The molecule has 0 aliphatic carbocycles. The Morgan fingerprint density at radius 1 is 1.22 bits per heavy atom. The van der Waals surface area contributed by atoms with E-state index in [9.17, 15) is 0 Å². The Balaban J connectivity index is 2.42. The van der Waals surface area contributed by atoms with Crippen molar-refractivity contribution in [1.29, 1.82) is 0 Å². The van der Waals surface area contributed by atoms with Crippen LogP contribution in [0.5, 0.6) is 0 Å². The van der Waals surface area contributed by atoms with Crippen molar-refractivity contribution in [2.24, 2.45) is 5.73 Å². The van der Waals surface area contributed by atoms with Crippen molar-refractivity contribution >= 4 is 15.9 Å². The molecule has 0 fully saturated rings. The number of hydrogen-bond acceptors (Lipinski definition) is 4. The van der Waals surface area contributed by atoms with Crippen LogP contribution in [0.2, 0.25) is 0 Å². The van der Waals surface area contributed by atoms with Crippen LogP contribution in [-0.4, -0.2) is 19.7 Å². The predicted molar refractivity (Wildman–Crippen MR) is 73.1 cm³/mol. The minimum absolute atomic E-state index is 0.239. The highest BCUT2D eigenvalue weighted by molar-refractivity contribution is 9.10. The smallest absolute Gasteiger partial charge is 0.151 e. The van der Waals surface area contributed by atoms with E-state index in [2.05, 4.69) is 44.8 Å². The van der Waals surface area contributed by atoms with E-state index in [4.69, 9.17) is 5.73 Å². The average Bonchev–Trinajstić information content (AvgIpc) is 2.71. The molecule has 0 aliphatic rings. The first-order chi connectivity index (χ1) is 8.50. The molecule has 0 saturated carbocycles. The second-order valence-electron chi connectivity index (χ2n) is 4.51. The quantitative estimate of drug-likeness (QED) is 0.945. The van der Waals surface area contributed by atoms with E-state index < -0.39 is 0 Å². The molecule has 96 valence electrons. The molecule has 18 heavy (non-hydrogen) atoms. The van der Waals surface area contributed by atoms with Crippen LogP contribution in [0, 0.1) is 6.92 Å². The van der Waals surface area contributed by atoms with Gasteiger partial charge in [0.15, 0.2) is 5.82 Å². The van der Waals surface area contributed by atoms with Crippen molar-refractivity contribution in [2.75, 3.05) is 0 Å². The second kappa shape index (κ2) is 5.16. The summed E-state index contributed by atoms with van der Waals surface area (Å²) in [5.74, 6) is 0.601. The molecule has 5 nitrogen and oxygen atoms in total. The van der Waals surface area contributed by atoms with E-state index in [1.54, 1.807) is 18.6 Å². The van der Waals surface area contributed by atoms with Gasteiger partial charge in [-0.05, 0) is 42.3 Å². The lowest BCUT2D eigenvalue weighted by Gasteiger charge is -2.16. The fourth-order valence-electron chi connectivity index (χ4n) is 1.74. The molecule has 0 aromatic carbocycles. The Bertz CT molecular complexity index is 532. The molecule has 0 aliphatic heterocycles. The summed E-state index contributed by atoms with van der Waals surface area (Å²) < 4.78 is 2.77. The average molecular weight is 310 g/mol. The van der Waals surface area contributed by atoms with E-state index in [-0.39, 0.29) is 12.1 Å². The van der Waals surface area contributed by atoms with Gasteiger partial charge in [0.1, 0.15) is 6.04 Å². The molecule has 1 atom stereocenters. The highest BCUT2D eigenvalue weighted by Crippen LogP contribution is 2.27. The molecule has 0 bridgehead atoms. The molecule has 0 saturated heterocycles. The Labute approximate surface area is 115 Å². The number of aryl methyl sites for hydroxylation is 1. The van der Waals surface area contributed by atoms with Crippen LogP contribution in [-0.2, 0) is 0 Å². The van der Waals surface area contributed by atoms with Crippen molar-refractivity contribution in [3.63, 3.8) is 0 Å². The Hall–Kier alpha value is -1.27. The summed E-state index contributed by atoms with van der Waals surface area (Å²) in [6.07, 6.45) is 5.29. The van der Waals surface area contributed by atoms with Crippen LogP contribution >= 0.6 is 15.9 Å². The zero-order chi connectivity index (χ0) is 13.3. The van der Waals surface area contributed by atoms with E-state index in [1.165, 1.54) is 0 Å². The molecular weight excluding hydrogens is 294 g/mol. The van der Waals surface area contributed by atoms with Gasteiger partial charge in [0, 0.05) is 18.4 Å². The topological polar surface area (TPSA) is 69.6 Å². The summed E-state index contributed by atoms with van der Waals surface area (Å²) in [4.78, 5) is 8.56. The zero-order valence-corrected chi connectivity index (χ0v) is 12.2. The number of nitrogens with zero attached hydrogens (tertiary/aromatic N) is 4. The molecule has 0 radical (unpaired) electrons. The van der Waals surface area contributed by atoms with Crippen LogP contribution in [0.3, 0.4) is 0 Å². The maximum Gasteiger partial charge on any atom is 0.151 e. The van der Waals surface area contributed by atoms with Gasteiger partial charge < -0.3 is 5.73 Å². The standard InChI is InChI=1S/C12H16BrN5/c1-7(2)18-11(9(13)6-17-18)10(14)12-15-4-8(3)5-16-12/h4-7,10H,14H2,1-3H3. The van der Waals surface area contributed by atoms with Gasteiger partial charge in [0.05, 0.1) is 16.4 Å². The molecule has 0 amide bonds. The van der Waals surface area contributed by atoms with Crippen LogP contribution in [0.15, 0.2) is 23.1 Å². The minimum Gasteiger partial charge on any atom is -0.316 e. The molecule has 2 rings (SSSR count). The fraction of sp³-hybridized carbons (Fsp3) is 0.417. The van der Waals surface area contributed by atoms with Gasteiger partial charge in [-0.3, -0.25) is 4.68 Å². The highest BCUT2D eigenvalue weighted by Gasteiger charge is 2.21. The molecule has 2 aromatic rings. The third-order valence-electron chi connectivity index (χ3n) is 2.65. The van der Waals surface area contributed by atoms with Gasteiger partial charge in [-0.15, -0.1) is 0 Å². The molecule has 0 spiro atoms. The number of nitrogens with two attached hydrogens (primary N) is 1. The monoisotopic (exact) mass is 309 g/mol. The second-order valence-corrected chi connectivity index (χ2v) is 5.37. The minimum atomic E-state index is -0.384. The lowest BCUT2D eigenvalue weighted by atomic mass is 10.2. The molecule has 6 heteroatoms. The SMILES string of the molecule is Cc1cnc(C(N)c2c(Br)cnn2C(C)C)nc1. The van der Waals surface area contributed by atoms with Gasteiger partial charge in [0.2, 0.25) is 0 Å². The van der Waals surface area contributed by atoms with Crippen molar-refractivity contribution < 1.29 is 0 Å². The summed E-state index contributed by atoms with van der Waals surface area (Å²) in [6, 6.07) is -0.146. The number of aromatic nitrogens is 4. The first kappa shape index (κ1) is 13.2. The highest BCUT2D eigenvalue weighted by atomic mass is 79.9. The van der Waals surface area contributed by atoms with E-state index >= 15 is 0 Å². The number of hydrogen-bond donors (Lipinski definition) is 1. The van der Waals surface area contributed by atoms with E-state index in [0.717, 1.165) is 15.7 Å². The number of halogens is 1. The largest absolute Gasteiger partial charge is 0.316 e. The Morgan fingerprint density at radius 2 is 1.83 bits per heavy atom. The molecule has 2 heterocycles. The lowest BCUT2D eigenvalue weighted by Crippen LogP contribution is -2.21. The summed E-state index contributed by atoms with van der Waals surface area (Å²) in [5.41, 5.74) is 8.15. The first-order valence-corrected chi connectivity index (χ1v) is 6.57. The van der Waals surface area contributed by atoms with Gasteiger partial charge in [-0.2, -0.15) is 5.10 Å². The van der Waals surface area contributed by atoms with Crippen LogP contribution < -0.4 is 5.73 Å². The fourth-order valence-corrected chi connectivity index (χ4v) is 2.26. The zero-order valence-electron chi connectivity index (χ0n) is 10.6. The van der Waals surface area contributed by atoms with Crippen molar-refractivity contribution in [2.45, 2.75) is 32.9 Å². The lowest BCUT2D eigenvalue weighted by molar-refractivity contribution is 0.494. The molecular formula is C12H16BrN5. The molecule has 1 unspecified atom stereocenters. The third kappa shape index (κ3) is 2.44. The molecule has 2 N–H and O–H groups in total. The Morgan fingerprint density at radius 3 is 2.39 bits per heavy atom. The summed E-state index contributed by atoms with van der Waals surface area (Å²) in [7, 11) is 0. The van der Waals surface area contributed by atoms with Gasteiger partial charge in [-0.1, -0.05) is 0 Å². The molecule has 2 aromatic heterocycles. The first-order valence-electron chi connectivity index (χ1n) is 5.77. The van der Waals surface area contributed by atoms with Gasteiger partial charge in [-0.25, -0.2) is 9.97 Å². The maximum absolute atomic E-state index is 6.23. The third-order valence-corrected chi connectivity index (χ3v) is 3.26. The van der Waals surface area contributed by atoms with Crippen LogP contribution in [0.25, 0.3) is 0 Å². The van der Waals surface area contributed by atoms with Crippen molar-refractivity contribution in [1.82, 2.24) is 19.7 Å². The van der Waals surface area contributed by atoms with Gasteiger partial charge in [0.25, 0.3) is 0 Å². The summed E-state index contributed by atoms with van der Waals surface area (Å²) in [6.45, 7) is 6.07. The van der Waals surface area contributed by atoms with Gasteiger partial charge >= 0.3 is 0 Å². The van der Waals surface area contributed by atoms with Crippen molar-refractivity contribution in [3.05, 3.63) is 40.1 Å². The van der Waals surface area contributed by atoms with Crippen LogP contribution in [0.1, 0.15) is 43.0 Å². The number of rotatable bonds is 3. The van der Waals surface area contributed by atoms with E-state index in [1.807, 2.05) is 11.6 Å².